The fraction of sp³-hybridized carbons (Fsp3) is 0.500. The Kier molecular flexibility index (Phi) is 5.16. The molecule has 4 nitrogen and oxygen atoms in total. The van der Waals surface area contributed by atoms with Gasteiger partial charge in [0.2, 0.25) is 5.91 Å². The molecular weight excluding hydrogens is 228 g/mol. The minimum atomic E-state index is -0.484. The predicted molar refractivity (Wildman–Crippen MR) is 72.3 cm³/mol. The minimum absolute atomic E-state index is 0.0455. The summed E-state index contributed by atoms with van der Waals surface area (Å²) in [5, 5.41) is 0. The first-order chi connectivity index (χ1) is 8.47. The zero-order valence-corrected chi connectivity index (χ0v) is 11.5. The van der Waals surface area contributed by atoms with E-state index in [-0.39, 0.29) is 11.9 Å². The molecule has 0 heterocycles. The van der Waals surface area contributed by atoms with Crippen LogP contribution >= 0.6 is 0 Å². The summed E-state index contributed by atoms with van der Waals surface area (Å²) >= 11 is 0. The number of hydrogen-bond donors (Lipinski definition) is 1. The first-order valence-electron chi connectivity index (χ1n) is 6.15. The molecule has 1 unspecified atom stereocenters. The van der Waals surface area contributed by atoms with Gasteiger partial charge >= 0.3 is 0 Å². The molecule has 0 bridgehead atoms. The van der Waals surface area contributed by atoms with Gasteiger partial charge in [0.15, 0.2) is 0 Å². The van der Waals surface area contributed by atoms with Crippen molar-refractivity contribution in [3.8, 4) is 5.75 Å². The summed E-state index contributed by atoms with van der Waals surface area (Å²) in [6.45, 7) is 6.19. The molecule has 1 atom stereocenters. The van der Waals surface area contributed by atoms with Crippen molar-refractivity contribution in [1.29, 1.82) is 0 Å². The van der Waals surface area contributed by atoms with E-state index >= 15 is 0 Å². The van der Waals surface area contributed by atoms with Gasteiger partial charge in [0.1, 0.15) is 5.75 Å². The Labute approximate surface area is 109 Å². The van der Waals surface area contributed by atoms with Gasteiger partial charge in [-0.1, -0.05) is 18.2 Å². The molecule has 4 heteroatoms. The summed E-state index contributed by atoms with van der Waals surface area (Å²) < 4.78 is 5.30. The van der Waals surface area contributed by atoms with Crippen LogP contribution in [0.4, 0.5) is 0 Å². The lowest BCUT2D eigenvalue weighted by molar-refractivity contribution is -0.134. The molecule has 0 aliphatic heterocycles. The molecule has 1 aromatic carbocycles. The average molecular weight is 250 g/mol. The molecule has 1 aromatic rings. The summed E-state index contributed by atoms with van der Waals surface area (Å²) in [5.74, 6) is 0.747. The topological polar surface area (TPSA) is 55.6 Å². The number of methoxy groups -OCH3 is 1. The van der Waals surface area contributed by atoms with E-state index in [2.05, 4.69) is 0 Å². The van der Waals surface area contributed by atoms with Gasteiger partial charge < -0.3 is 15.4 Å². The van der Waals surface area contributed by atoms with Crippen LogP contribution in [0.25, 0.3) is 0 Å². The van der Waals surface area contributed by atoms with Gasteiger partial charge in [-0.15, -0.1) is 0 Å². The number of amides is 1. The summed E-state index contributed by atoms with van der Waals surface area (Å²) in [6.07, 6.45) is 0. The van der Waals surface area contributed by atoms with Crippen molar-refractivity contribution in [2.45, 2.75) is 39.4 Å². The van der Waals surface area contributed by atoms with Crippen LogP contribution in [0.15, 0.2) is 24.3 Å². The number of para-hydroxylation sites is 1. The lowest BCUT2D eigenvalue weighted by atomic mass is 10.1. The van der Waals surface area contributed by atoms with E-state index in [0.717, 1.165) is 11.3 Å². The van der Waals surface area contributed by atoms with E-state index in [1.165, 1.54) is 0 Å². The van der Waals surface area contributed by atoms with E-state index in [4.69, 9.17) is 10.5 Å². The lowest BCUT2D eigenvalue weighted by Crippen LogP contribution is -2.45. The van der Waals surface area contributed by atoms with E-state index < -0.39 is 6.04 Å². The van der Waals surface area contributed by atoms with Crippen LogP contribution in [0.1, 0.15) is 26.3 Å². The van der Waals surface area contributed by atoms with Gasteiger partial charge in [-0.2, -0.15) is 0 Å². The Balaban J connectivity index is 2.93. The second-order valence-corrected chi connectivity index (χ2v) is 4.66. The number of nitrogens with zero attached hydrogens (tertiary/aromatic N) is 1. The molecule has 0 fully saturated rings. The van der Waals surface area contributed by atoms with Crippen molar-refractivity contribution in [2.75, 3.05) is 7.11 Å². The lowest BCUT2D eigenvalue weighted by Gasteiger charge is -2.29. The Morgan fingerprint density at radius 2 is 1.94 bits per heavy atom. The molecule has 100 valence electrons. The standard InChI is InChI=1S/C14H22N2O2/c1-10(2)16(14(17)11(3)15)9-12-7-5-6-8-13(12)18-4/h5-8,10-11H,9,15H2,1-4H3. The van der Waals surface area contributed by atoms with E-state index in [1.54, 1.807) is 18.9 Å². The van der Waals surface area contributed by atoms with Gasteiger partial charge in [0.05, 0.1) is 13.2 Å². The Hall–Kier alpha value is -1.55. The number of benzene rings is 1. The number of nitrogens with two attached hydrogens (primary N) is 1. The van der Waals surface area contributed by atoms with Gasteiger partial charge in [0.25, 0.3) is 0 Å². The maximum atomic E-state index is 12.0. The molecule has 0 saturated carbocycles. The second-order valence-electron chi connectivity index (χ2n) is 4.66. The molecule has 0 aromatic heterocycles. The smallest absolute Gasteiger partial charge is 0.239 e. The highest BCUT2D eigenvalue weighted by molar-refractivity contribution is 5.81. The van der Waals surface area contributed by atoms with Gasteiger partial charge in [-0.05, 0) is 26.8 Å². The maximum absolute atomic E-state index is 12.0. The van der Waals surface area contributed by atoms with Crippen molar-refractivity contribution in [1.82, 2.24) is 4.90 Å². The highest BCUT2D eigenvalue weighted by atomic mass is 16.5. The number of carbonyl (C=O) groups is 1. The van der Waals surface area contributed by atoms with Crippen LogP contribution in [-0.4, -0.2) is 30.0 Å². The zero-order chi connectivity index (χ0) is 13.7. The van der Waals surface area contributed by atoms with Gasteiger partial charge in [0, 0.05) is 18.2 Å². The summed E-state index contributed by atoms with van der Waals surface area (Å²) in [4.78, 5) is 13.8. The van der Waals surface area contributed by atoms with Crippen LogP contribution in [0.5, 0.6) is 5.75 Å². The average Bonchev–Trinajstić information content (AvgIpc) is 2.35. The summed E-state index contributed by atoms with van der Waals surface area (Å²) in [7, 11) is 1.63. The molecule has 1 rings (SSSR count). The minimum Gasteiger partial charge on any atom is -0.496 e. The largest absolute Gasteiger partial charge is 0.496 e. The van der Waals surface area contributed by atoms with E-state index in [9.17, 15) is 4.79 Å². The number of ether oxygens (including phenoxy) is 1. The van der Waals surface area contributed by atoms with Crippen LogP contribution in [-0.2, 0) is 11.3 Å². The fourth-order valence-electron chi connectivity index (χ4n) is 1.79. The molecule has 1 amide bonds. The third-order valence-corrected chi connectivity index (χ3v) is 2.83. The highest BCUT2D eigenvalue weighted by Gasteiger charge is 2.21. The van der Waals surface area contributed by atoms with E-state index in [0.29, 0.717) is 6.54 Å². The van der Waals surface area contributed by atoms with E-state index in [1.807, 2.05) is 38.1 Å². The predicted octanol–water partition coefficient (Wildman–Crippen LogP) is 1.78. The Morgan fingerprint density at radius 1 is 1.33 bits per heavy atom. The van der Waals surface area contributed by atoms with Gasteiger partial charge in [-0.25, -0.2) is 0 Å². The van der Waals surface area contributed by atoms with Crippen molar-refractivity contribution in [2.24, 2.45) is 5.73 Å². The van der Waals surface area contributed by atoms with Crippen LogP contribution in [0, 0.1) is 0 Å². The second kappa shape index (κ2) is 6.40. The molecule has 0 aliphatic carbocycles. The SMILES string of the molecule is COc1ccccc1CN(C(=O)C(C)N)C(C)C. The Morgan fingerprint density at radius 3 is 2.44 bits per heavy atom. The highest BCUT2D eigenvalue weighted by Crippen LogP contribution is 2.20. The van der Waals surface area contributed by atoms with Crippen molar-refractivity contribution >= 4 is 5.91 Å². The first-order valence-corrected chi connectivity index (χ1v) is 6.15. The summed E-state index contributed by atoms with van der Waals surface area (Å²) in [5.41, 5.74) is 6.66. The zero-order valence-electron chi connectivity index (χ0n) is 11.5. The third-order valence-electron chi connectivity index (χ3n) is 2.83. The van der Waals surface area contributed by atoms with Crippen LogP contribution in [0.3, 0.4) is 0 Å². The van der Waals surface area contributed by atoms with Gasteiger partial charge in [-0.3, -0.25) is 4.79 Å². The molecular formula is C14H22N2O2. The molecule has 18 heavy (non-hydrogen) atoms. The fourth-order valence-corrected chi connectivity index (χ4v) is 1.79. The number of hydrogen-bond acceptors (Lipinski definition) is 3. The Bertz CT molecular complexity index is 403. The third kappa shape index (κ3) is 3.47. The van der Waals surface area contributed by atoms with Crippen LogP contribution < -0.4 is 10.5 Å². The summed E-state index contributed by atoms with van der Waals surface area (Å²) in [6, 6.07) is 7.32. The molecule has 0 spiro atoms. The molecule has 0 radical (unpaired) electrons. The van der Waals surface area contributed by atoms with Crippen molar-refractivity contribution < 1.29 is 9.53 Å². The monoisotopic (exact) mass is 250 g/mol. The quantitative estimate of drug-likeness (QED) is 0.866. The van der Waals surface area contributed by atoms with Crippen molar-refractivity contribution in [3.05, 3.63) is 29.8 Å². The molecule has 0 saturated heterocycles. The normalized spacial score (nSPS) is 12.3. The van der Waals surface area contributed by atoms with Crippen LogP contribution in [0.2, 0.25) is 0 Å². The first kappa shape index (κ1) is 14.5. The number of carbonyl (C=O) groups excluding carboxylic acids is 1. The molecule has 0 aliphatic rings. The van der Waals surface area contributed by atoms with Crippen molar-refractivity contribution in [3.63, 3.8) is 0 Å². The number of rotatable bonds is 5. The molecule has 2 N–H and O–H groups in total. The maximum Gasteiger partial charge on any atom is 0.239 e.